The molecule has 0 bridgehead atoms. The highest BCUT2D eigenvalue weighted by Crippen LogP contribution is 2.36. The van der Waals surface area contributed by atoms with Gasteiger partial charge >= 0.3 is 0 Å². The Balaban J connectivity index is 2.15. The summed E-state index contributed by atoms with van der Waals surface area (Å²) in [5, 5.41) is 6.34. The zero-order chi connectivity index (χ0) is 19.1. The largest absolute Gasteiger partial charge is 0.495 e. The number of methoxy groups -OCH3 is 2. The number of nitrogens with zero attached hydrogens (tertiary/aromatic N) is 2. The number of carbonyl (C=O) groups excluding carboxylic acids is 1. The third-order valence-corrected chi connectivity index (χ3v) is 3.95. The number of benzene rings is 1. The Hall–Kier alpha value is -2.54. The summed E-state index contributed by atoms with van der Waals surface area (Å²) in [7, 11) is 2.99. The quantitative estimate of drug-likeness (QED) is 0.725. The molecule has 0 saturated carbocycles. The van der Waals surface area contributed by atoms with Gasteiger partial charge in [0.05, 0.1) is 24.9 Å². The first-order valence-electron chi connectivity index (χ1n) is 8.23. The van der Waals surface area contributed by atoms with Crippen LogP contribution < -0.4 is 20.1 Å². The molecule has 0 unspecified atom stereocenters. The smallest absolute Gasteiger partial charge is 0.274 e. The SMILES string of the molecule is COc1cc(NC(=O)c2cc(NCCC(C)C)ncn2)c(OC)cc1Cl. The van der Waals surface area contributed by atoms with Crippen LogP contribution in [-0.2, 0) is 0 Å². The van der Waals surface area contributed by atoms with Crippen molar-refractivity contribution in [1.82, 2.24) is 9.97 Å². The molecule has 2 N–H and O–H groups in total. The number of carbonyl (C=O) groups is 1. The number of hydrogen-bond acceptors (Lipinski definition) is 6. The van der Waals surface area contributed by atoms with Gasteiger partial charge in [0.25, 0.3) is 5.91 Å². The molecule has 0 aliphatic rings. The molecule has 1 amide bonds. The van der Waals surface area contributed by atoms with Crippen molar-refractivity contribution in [2.75, 3.05) is 31.4 Å². The monoisotopic (exact) mass is 378 g/mol. The van der Waals surface area contributed by atoms with E-state index < -0.39 is 0 Å². The number of hydrogen-bond donors (Lipinski definition) is 2. The number of halogens is 1. The van der Waals surface area contributed by atoms with Crippen LogP contribution in [0.4, 0.5) is 11.5 Å². The van der Waals surface area contributed by atoms with Crippen LogP contribution >= 0.6 is 11.6 Å². The van der Waals surface area contributed by atoms with Crippen LogP contribution in [0.1, 0.15) is 30.8 Å². The lowest BCUT2D eigenvalue weighted by Gasteiger charge is -2.13. The van der Waals surface area contributed by atoms with Gasteiger partial charge in [-0.05, 0) is 12.3 Å². The summed E-state index contributed by atoms with van der Waals surface area (Å²) in [6.45, 7) is 5.07. The molecule has 7 nitrogen and oxygen atoms in total. The van der Waals surface area contributed by atoms with E-state index in [1.165, 1.54) is 20.5 Å². The molecule has 1 aromatic carbocycles. The summed E-state index contributed by atoms with van der Waals surface area (Å²) in [5.74, 6) is 1.66. The second-order valence-electron chi connectivity index (χ2n) is 6.04. The van der Waals surface area contributed by atoms with Crippen molar-refractivity contribution in [3.8, 4) is 11.5 Å². The van der Waals surface area contributed by atoms with Crippen LogP contribution in [0.3, 0.4) is 0 Å². The van der Waals surface area contributed by atoms with Crippen molar-refractivity contribution >= 4 is 29.0 Å². The van der Waals surface area contributed by atoms with E-state index in [9.17, 15) is 4.79 Å². The molecular weight excluding hydrogens is 356 g/mol. The lowest BCUT2D eigenvalue weighted by Crippen LogP contribution is -2.16. The Labute approximate surface area is 158 Å². The van der Waals surface area contributed by atoms with E-state index in [-0.39, 0.29) is 11.6 Å². The van der Waals surface area contributed by atoms with Gasteiger partial charge in [-0.1, -0.05) is 25.4 Å². The Bertz CT molecular complexity index is 768. The van der Waals surface area contributed by atoms with Crippen LogP contribution in [0.5, 0.6) is 11.5 Å². The molecule has 1 aromatic heterocycles. The molecule has 0 saturated heterocycles. The lowest BCUT2D eigenvalue weighted by atomic mass is 10.1. The summed E-state index contributed by atoms with van der Waals surface area (Å²) in [5.41, 5.74) is 0.676. The molecule has 26 heavy (non-hydrogen) atoms. The van der Waals surface area contributed by atoms with E-state index in [0.29, 0.717) is 33.9 Å². The highest BCUT2D eigenvalue weighted by molar-refractivity contribution is 6.32. The molecule has 2 rings (SSSR count). The van der Waals surface area contributed by atoms with Gasteiger partial charge in [-0.2, -0.15) is 0 Å². The lowest BCUT2D eigenvalue weighted by molar-refractivity contribution is 0.102. The van der Waals surface area contributed by atoms with E-state index in [4.69, 9.17) is 21.1 Å². The van der Waals surface area contributed by atoms with Gasteiger partial charge in [0.2, 0.25) is 0 Å². The minimum Gasteiger partial charge on any atom is -0.495 e. The number of nitrogens with one attached hydrogen (secondary N) is 2. The summed E-state index contributed by atoms with van der Waals surface area (Å²) in [6, 6.07) is 4.78. The van der Waals surface area contributed by atoms with Crippen molar-refractivity contribution in [2.45, 2.75) is 20.3 Å². The maximum absolute atomic E-state index is 12.5. The Morgan fingerprint density at radius 1 is 1.15 bits per heavy atom. The van der Waals surface area contributed by atoms with Gasteiger partial charge in [-0.25, -0.2) is 9.97 Å². The first-order valence-corrected chi connectivity index (χ1v) is 8.61. The van der Waals surface area contributed by atoms with Gasteiger partial charge < -0.3 is 20.1 Å². The summed E-state index contributed by atoms with van der Waals surface area (Å²) < 4.78 is 10.4. The van der Waals surface area contributed by atoms with Gasteiger partial charge in [-0.15, -0.1) is 0 Å². The van der Waals surface area contributed by atoms with Crippen molar-refractivity contribution in [3.05, 3.63) is 35.2 Å². The third kappa shape index (κ3) is 5.23. The Morgan fingerprint density at radius 3 is 2.54 bits per heavy atom. The predicted octanol–water partition coefficient (Wildman–Crippen LogP) is 3.86. The molecule has 140 valence electrons. The van der Waals surface area contributed by atoms with Gasteiger partial charge in [0.15, 0.2) is 0 Å². The van der Waals surface area contributed by atoms with E-state index in [1.807, 2.05) is 0 Å². The standard InChI is InChI=1S/C18H23ClN4O3/c1-11(2)5-6-20-17-9-14(21-10-22-17)18(24)23-13-8-15(25-3)12(19)7-16(13)26-4/h7-11H,5-6H2,1-4H3,(H,23,24)(H,20,21,22). The molecule has 0 radical (unpaired) electrons. The molecule has 0 fully saturated rings. The number of amides is 1. The maximum Gasteiger partial charge on any atom is 0.274 e. The van der Waals surface area contributed by atoms with Gasteiger partial charge in [0.1, 0.15) is 29.3 Å². The third-order valence-electron chi connectivity index (χ3n) is 3.65. The zero-order valence-electron chi connectivity index (χ0n) is 15.3. The van der Waals surface area contributed by atoms with E-state index in [2.05, 4.69) is 34.4 Å². The molecule has 0 spiro atoms. The molecule has 2 aromatic rings. The van der Waals surface area contributed by atoms with Crippen LogP contribution in [0.2, 0.25) is 5.02 Å². The van der Waals surface area contributed by atoms with Crippen molar-refractivity contribution in [1.29, 1.82) is 0 Å². The first-order chi connectivity index (χ1) is 12.4. The minimum absolute atomic E-state index is 0.239. The molecule has 0 aliphatic carbocycles. The number of anilines is 2. The maximum atomic E-state index is 12.5. The van der Waals surface area contributed by atoms with Crippen LogP contribution in [-0.4, -0.2) is 36.6 Å². The summed E-state index contributed by atoms with van der Waals surface area (Å²) in [6.07, 6.45) is 2.36. The number of rotatable bonds is 8. The Kier molecular flexibility index (Phi) is 7.03. The minimum atomic E-state index is -0.387. The fourth-order valence-corrected chi connectivity index (χ4v) is 2.44. The van der Waals surface area contributed by atoms with Crippen molar-refractivity contribution < 1.29 is 14.3 Å². The van der Waals surface area contributed by atoms with Gasteiger partial charge in [-0.3, -0.25) is 4.79 Å². The van der Waals surface area contributed by atoms with Crippen molar-refractivity contribution in [3.63, 3.8) is 0 Å². The second kappa shape index (κ2) is 9.24. The highest BCUT2D eigenvalue weighted by atomic mass is 35.5. The molecule has 1 heterocycles. The molecule has 8 heteroatoms. The summed E-state index contributed by atoms with van der Waals surface area (Å²) in [4.78, 5) is 20.7. The number of ether oxygens (including phenoxy) is 2. The molecular formula is C18H23ClN4O3. The number of aromatic nitrogens is 2. The average molecular weight is 379 g/mol. The average Bonchev–Trinajstić information content (AvgIpc) is 2.62. The van der Waals surface area contributed by atoms with Crippen LogP contribution in [0.15, 0.2) is 24.5 Å². The van der Waals surface area contributed by atoms with Crippen LogP contribution in [0.25, 0.3) is 0 Å². The second-order valence-corrected chi connectivity index (χ2v) is 6.45. The predicted molar refractivity (Wildman–Crippen MR) is 102 cm³/mol. The zero-order valence-corrected chi connectivity index (χ0v) is 16.1. The van der Waals surface area contributed by atoms with E-state index in [0.717, 1.165) is 13.0 Å². The molecule has 0 atom stereocenters. The van der Waals surface area contributed by atoms with Crippen LogP contribution in [0, 0.1) is 5.92 Å². The van der Waals surface area contributed by atoms with Crippen molar-refractivity contribution in [2.24, 2.45) is 5.92 Å². The Morgan fingerprint density at radius 2 is 1.88 bits per heavy atom. The fraction of sp³-hybridized carbons (Fsp3) is 0.389. The summed E-state index contributed by atoms with van der Waals surface area (Å²) >= 11 is 6.08. The molecule has 0 aliphatic heterocycles. The van der Waals surface area contributed by atoms with Gasteiger partial charge in [0, 0.05) is 24.7 Å². The first kappa shape index (κ1) is 19.8. The van der Waals surface area contributed by atoms with E-state index >= 15 is 0 Å². The highest BCUT2D eigenvalue weighted by Gasteiger charge is 2.15. The fourth-order valence-electron chi connectivity index (χ4n) is 2.21. The van der Waals surface area contributed by atoms with E-state index in [1.54, 1.807) is 18.2 Å². The normalized spacial score (nSPS) is 10.5. The topological polar surface area (TPSA) is 85.4 Å².